The molecule has 1 aliphatic rings. The number of nitrogens with one attached hydrogen (secondary N) is 2. The Morgan fingerprint density at radius 3 is 2.70 bits per heavy atom. The van der Waals surface area contributed by atoms with Crippen LogP contribution in [0.3, 0.4) is 0 Å². The third kappa shape index (κ3) is 4.64. The third-order valence-corrected chi connectivity index (χ3v) is 4.37. The highest BCUT2D eigenvalue weighted by molar-refractivity contribution is 5.80. The highest BCUT2D eigenvalue weighted by atomic mass is 19.1. The molecule has 1 aromatic rings. The van der Waals surface area contributed by atoms with E-state index in [9.17, 15) is 8.78 Å². The van der Waals surface area contributed by atoms with Crippen molar-refractivity contribution < 1.29 is 8.78 Å². The number of nitrogens with zero attached hydrogens (tertiary/aromatic N) is 2. The van der Waals surface area contributed by atoms with Crippen LogP contribution < -0.4 is 10.6 Å². The summed E-state index contributed by atoms with van der Waals surface area (Å²) >= 11 is 0. The maximum Gasteiger partial charge on any atom is 0.191 e. The summed E-state index contributed by atoms with van der Waals surface area (Å²) in [6.07, 6.45) is 0. The quantitative estimate of drug-likeness (QED) is 0.660. The summed E-state index contributed by atoms with van der Waals surface area (Å²) in [5.41, 5.74) is 0.288. The van der Waals surface area contributed by atoms with Gasteiger partial charge in [0.05, 0.1) is 0 Å². The van der Waals surface area contributed by atoms with E-state index in [1.807, 2.05) is 0 Å². The maximum absolute atomic E-state index is 13.7. The second kappa shape index (κ2) is 7.73. The Hall–Kier alpha value is -1.69. The van der Waals surface area contributed by atoms with E-state index in [-0.39, 0.29) is 12.1 Å². The minimum atomic E-state index is -0.442. The minimum Gasteiger partial charge on any atom is -0.352 e. The van der Waals surface area contributed by atoms with Crippen LogP contribution >= 0.6 is 0 Å². The number of benzene rings is 1. The Labute approximate surface area is 137 Å². The van der Waals surface area contributed by atoms with Gasteiger partial charge in [0.2, 0.25) is 0 Å². The Morgan fingerprint density at radius 1 is 1.35 bits per heavy atom. The smallest absolute Gasteiger partial charge is 0.191 e. The van der Waals surface area contributed by atoms with Gasteiger partial charge < -0.3 is 10.6 Å². The second-order valence-electron chi connectivity index (χ2n) is 6.44. The van der Waals surface area contributed by atoms with Crippen molar-refractivity contribution in [1.29, 1.82) is 0 Å². The largest absolute Gasteiger partial charge is 0.352 e. The lowest BCUT2D eigenvalue weighted by Crippen LogP contribution is -2.46. The van der Waals surface area contributed by atoms with E-state index in [4.69, 9.17) is 0 Å². The molecule has 2 atom stereocenters. The predicted molar refractivity (Wildman–Crippen MR) is 89.4 cm³/mol. The molecule has 23 heavy (non-hydrogen) atoms. The zero-order valence-corrected chi connectivity index (χ0v) is 14.2. The summed E-state index contributed by atoms with van der Waals surface area (Å²) in [7, 11) is 1.68. The lowest BCUT2D eigenvalue weighted by atomic mass is 10.1. The van der Waals surface area contributed by atoms with Gasteiger partial charge in [-0.3, -0.25) is 9.89 Å². The lowest BCUT2D eigenvalue weighted by Gasteiger charge is -2.22. The molecule has 2 N–H and O–H groups in total. The van der Waals surface area contributed by atoms with Crippen molar-refractivity contribution in [2.75, 3.05) is 20.1 Å². The molecule has 0 aliphatic carbocycles. The Bertz CT molecular complexity index is 560. The van der Waals surface area contributed by atoms with Crippen molar-refractivity contribution in [3.8, 4) is 0 Å². The van der Waals surface area contributed by atoms with Gasteiger partial charge in [-0.05, 0) is 38.0 Å². The summed E-state index contributed by atoms with van der Waals surface area (Å²) in [6, 6.07) is 4.27. The van der Waals surface area contributed by atoms with E-state index < -0.39 is 11.6 Å². The topological polar surface area (TPSA) is 39.7 Å². The maximum atomic E-state index is 13.7. The number of likely N-dealkylation sites (tertiary alicyclic amines) is 1. The molecule has 0 radical (unpaired) electrons. The van der Waals surface area contributed by atoms with Gasteiger partial charge in [-0.2, -0.15) is 0 Å². The first-order chi connectivity index (χ1) is 10.9. The molecule has 1 heterocycles. The first kappa shape index (κ1) is 17.7. The van der Waals surface area contributed by atoms with E-state index in [1.54, 1.807) is 7.05 Å². The van der Waals surface area contributed by atoms with Crippen molar-refractivity contribution in [2.45, 2.75) is 39.4 Å². The Kier molecular flexibility index (Phi) is 5.93. The molecule has 0 spiro atoms. The Morgan fingerprint density at radius 2 is 2.09 bits per heavy atom. The van der Waals surface area contributed by atoms with Crippen molar-refractivity contribution in [3.05, 3.63) is 35.4 Å². The van der Waals surface area contributed by atoms with Crippen LogP contribution in [-0.2, 0) is 6.54 Å². The molecule has 1 saturated heterocycles. The Balaban J connectivity index is 1.92. The normalized spacial score (nSPS) is 22.7. The summed E-state index contributed by atoms with van der Waals surface area (Å²) < 4.78 is 26.9. The summed E-state index contributed by atoms with van der Waals surface area (Å²) in [4.78, 5) is 6.60. The van der Waals surface area contributed by atoms with Crippen LogP contribution in [0.15, 0.2) is 23.2 Å². The monoisotopic (exact) mass is 324 g/mol. The van der Waals surface area contributed by atoms with E-state index >= 15 is 0 Å². The molecule has 4 nitrogen and oxygen atoms in total. The molecule has 2 unspecified atom stereocenters. The number of rotatable bonds is 4. The SMILES string of the molecule is CN=C(NCc1cc(F)ccc1F)NC1CN(C(C)C)CC1C. The fraction of sp³-hybridized carbons (Fsp3) is 0.588. The lowest BCUT2D eigenvalue weighted by molar-refractivity contribution is 0.265. The fourth-order valence-corrected chi connectivity index (χ4v) is 2.84. The van der Waals surface area contributed by atoms with Crippen LogP contribution in [0.5, 0.6) is 0 Å². The molecular weight excluding hydrogens is 298 g/mol. The molecular formula is C17H26F2N4. The molecule has 0 bridgehead atoms. The van der Waals surface area contributed by atoms with Gasteiger partial charge in [0, 0.05) is 44.3 Å². The minimum absolute atomic E-state index is 0.193. The van der Waals surface area contributed by atoms with Gasteiger partial charge in [0.25, 0.3) is 0 Å². The van der Waals surface area contributed by atoms with E-state index in [1.165, 1.54) is 6.07 Å². The second-order valence-corrected chi connectivity index (χ2v) is 6.44. The first-order valence-corrected chi connectivity index (χ1v) is 8.06. The zero-order chi connectivity index (χ0) is 17.0. The summed E-state index contributed by atoms with van der Waals surface area (Å²) in [6.45, 7) is 8.78. The van der Waals surface area contributed by atoms with Crippen LogP contribution in [0.25, 0.3) is 0 Å². The number of hydrogen-bond acceptors (Lipinski definition) is 2. The molecule has 0 saturated carbocycles. The molecule has 1 fully saturated rings. The molecule has 6 heteroatoms. The van der Waals surface area contributed by atoms with E-state index in [0.29, 0.717) is 24.0 Å². The number of halogens is 2. The van der Waals surface area contributed by atoms with Crippen molar-refractivity contribution in [3.63, 3.8) is 0 Å². The van der Waals surface area contributed by atoms with Gasteiger partial charge in [-0.25, -0.2) is 8.78 Å². The van der Waals surface area contributed by atoms with Gasteiger partial charge in [0.1, 0.15) is 11.6 Å². The van der Waals surface area contributed by atoms with Gasteiger partial charge in [-0.1, -0.05) is 6.92 Å². The van der Waals surface area contributed by atoms with Gasteiger partial charge >= 0.3 is 0 Å². The van der Waals surface area contributed by atoms with Crippen LogP contribution in [0.1, 0.15) is 26.3 Å². The summed E-state index contributed by atoms with van der Waals surface area (Å²) in [5.74, 6) is 0.246. The van der Waals surface area contributed by atoms with Crippen molar-refractivity contribution >= 4 is 5.96 Å². The standard InChI is InChI=1S/C17H26F2N4/c1-11(2)23-9-12(3)16(10-23)22-17(20-4)21-8-13-7-14(18)5-6-15(13)19/h5-7,11-12,16H,8-10H2,1-4H3,(H2,20,21,22). The van der Waals surface area contributed by atoms with Crippen LogP contribution in [-0.4, -0.2) is 43.1 Å². The molecule has 1 aromatic carbocycles. The predicted octanol–water partition coefficient (Wildman–Crippen LogP) is 2.36. The molecule has 2 rings (SSSR count). The average molecular weight is 324 g/mol. The number of hydrogen-bond donors (Lipinski definition) is 2. The van der Waals surface area contributed by atoms with E-state index in [0.717, 1.165) is 25.2 Å². The third-order valence-electron chi connectivity index (χ3n) is 4.37. The first-order valence-electron chi connectivity index (χ1n) is 8.06. The number of guanidine groups is 1. The number of aliphatic imine (C=N–C) groups is 1. The van der Waals surface area contributed by atoms with Crippen LogP contribution in [0, 0.1) is 17.6 Å². The average Bonchev–Trinajstić information content (AvgIpc) is 2.88. The molecule has 128 valence electrons. The molecule has 0 aromatic heterocycles. The fourth-order valence-electron chi connectivity index (χ4n) is 2.84. The van der Waals surface area contributed by atoms with Gasteiger partial charge in [-0.15, -0.1) is 0 Å². The van der Waals surface area contributed by atoms with Crippen LogP contribution in [0.4, 0.5) is 8.78 Å². The van der Waals surface area contributed by atoms with Crippen molar-refractivity contribution in [1.82, 2.24) is 15.5 Å². The van der Waals surface area contributed by atoms with Crippen LogP contribution in [0.2, 0.25) is 0 Å². The van der Waals surface area contributed by atoms with E-state index in [2.05, 4.69) is 41.3 Å². The zero-order valence-electron chi connectivity index (χ0n) is 14.2. The molecule has 0 amide bonds. The highest BCUT2D eigenvalue weighted by Gasteiger charge is 2.31. The summed E-state index contributed by atoms with van der Waals surface area (Å²) in [5, 5.41) is 6.44. The highest BCUT2D eigenvalue weighted by Crippen LogP contribution is 2.18. The van der Waals surface area contributed by atoms with Crippen molar-refractivity contribution in [2.24, 2.45) is 10.9 Å². The van der Waals surface area contributed by atoms with Gasteiger partial charge in [0.15, 0.2) is 5.96 Å². The molecule has 1 aliphatic heterocycles.